The molecule has 0 bridgehead atoms. The SMILES string of the molecule is O=[N+]([O-])c1ccccc1/C=C/C=Nc1ccccc1N=C=C(c1ccccc1)c1ccccc1. The van der Waals surface area contributed by atoms with Crippen LogP contribution in [0.3, 0.4) is 0 Å². The molecule has 0 amide bonds. The first-order chi connectivity index (χ1) is 16.7. The number of benzene rings is 4. The second-order valence-corrected chi connectivity index (χ2v) is 7.27. The van der Waals surface area contributed by atoms with Crippen LogP contribution in [0.5, 0.6) is 0 Å². The summed E-state index contributed by atoms with van der Waals surface area (Å²) in [4.78, 5) is 19.9. The highest BCUT2D eigenvalue weighted by Crippen LogP contribution is 2.28. The molecule has 0 aliphatic rings. The summed E-state index contributed by atoms with van der Waals surface area (Å²) in [7, 11) is 0. The van der Waals surface area contributed by atoms with Gasteiger partial charge in [-0.15, -0.1) is 0 Å². The average molecular weight is 444 g/mol. The summed E-state index contributed by atoms with van der Waals surface area (Å²) < 4.78 is 0. The molecule has 0 saturated carbocycles. The average Bonchev–Trinajstić information content (AvgIpc) is 2.89. The maximum Gasteiger partial charge on any atom is 0.276 e. The number of nitro groups is 1. The van der Waals surface area contributed by atoms with Crippen LogP contribution in [0.2, 0.25) is 0 Å². The fourth-order valence-corrected chi connectivity index (χ4v) is 3.35. The number of hydrogen-bond acceptors (Lipinski definition) is 4. The molecule has 164 valence electrons. The molecule has 4 aromatic carbocycles. The summed E-state index contributed by atoms with van der Waals surface area (Å²) in [5.74, 6) is 3.22. The van der Waals surface area contributed by atoms with Crippen LogP contribution in [0, 0.1) is 10.1 Å². The fourth-order valence-electron chi connectivity index (χ4n) is 3.35. The van der Waals surface area contributed by atoms with E-state index >= 15 is 0 Å². The molecule has 0 aliphatic carbocycles. The van der Waals surface area contributed by atoms with Crippen LogP contribution in [-0.4, -0.2) is 17.0 Å². The Hall–Kier alpha value is -4.86. The third kappa shape index (κ3) is 5.68. The molecule has 0 spiro atoms. The van der Waals surface area contributed by atoms with Gasteiger partial charge in [0.15, 0.2) is 0 Å². The molecule has 0 unspecified atom stereocenters. The van der Waals surface area contributed by atoms with Crippen molar-refractivity contribution in [1.82, 2.24) is 0 Å². The summed E-state index contributed by atoms with van der Waals surface area (Å²) in [6.07, 6.45) is 4.94. The zero-order valence-corrected chi connectivity index (χ0v) is 18.3. The van der Waals surface area contributed by atoms with Gasteiger partial charge in [0.1, 0.15) is 0 Å². The lowest BCUT2D eigenvalue weighted by Crippen LogP contribution is -1.90. The molecular weight excluding hydrogens is 422 g/mol. The molecule has 34 heavy (non-hydrogen) atoms. The van der Waals surface area contributed by atoms with E-state index in [1.54, 1.807) is 36.6 Å². The normalized spacial score (nSPS) is 10.8. The quantitative estimate of drug-likeness (QED) is 0.169. The van der Waals surface area contributed by atoms with Crippen LogP contribution in [-0.2, 0) is 0 Å². The van der Waals surface area contributed by atoms with Gasteiger partial charge in [0.25, 0.3) is 5.69 Å². The summed E-state index contributed by atoms with van der Waals surface area (Å²) >= 11 is 0. The van der Waals surface area contributed by atoms with Crippen LogP contribution in [0.4, 0.5) is 17.1 Å². The molecule has 0 atom stereocenters. The Morgan fingerprint density at radius 3 is 1.94 bits per heavy atom. The van der Waals surface area contributed by atoms with Gasteiger partial charge in [0, 0.05) is 12.3 Å². The van der Waals surface area contributed by atoms with Crippen molar-refractivity contribution in [3.05, 3.63) is 142 Å². The maximum atomic E-state index is 11.2. The van der Waals surface area contributed by atoms with E-state index in [9.17, 15) is 10.1 Å². The third-order valence-corrected chi connectivity index (χ3v) is 5.00. The lowest BCUT2D eigenvalue weighted by Gasteiger charge is -2.05. The van der Waals surface area contributed by atoms with Gasteiger partial charge in [-0.2, -0.15) is 0 Å². The molecule has 4 aromatic rings. The first kappa shape index (κ1) is 22.3. The predicted molar refractivity (Wildman–Crippen MR) is 139 cm³/mol. The minimum Gasteiger partial charge on any atom is -0.258 e. The van der Waals surface area contributed by atoms with E-state index in [1.807, 2.05) is 84.9 Å². The van der Waals surface area contributed by atoms with Crippen molar-refractivity contribution in [1.29, 1.82) is 0 Å². The van der Waals surface area contributed by atoms with Gasteiger partial charge in [-0.3, -0.25) is 15.1 Å². The number of allylic oxidation sites excluding steroid dienone is 1. The van der Waals surface area contributed by atoms with Crippen molar-refractivity contribution in [3.8, 4) is 0 Å². The third-order valence-electron chi connectivity index (χ3n) is 5.00. The van der Waals surface area contributed by atoms with Gasteiger partial charge in [0.2, 0.25) is 0 Å². The zero-order valence-electron chi connectivity index (χ0n) is 18.3. The summed E-state index contributed by atoms with van der Waals surface area (Å²) in [5.41, 5.74) is 4.83. The Balaban J connectivity index is 1.66. The smallest absolute Gasteiger partial charge is 0.258 e. The Morgan fingerprint density at radius 2 is 1.29 bits per heavy atom. The van der Waals surface area contributed by atoms with Gasteiger partial charge in [-0.05, 0) is 47.3 Å². The minimum absolute atomic E-state index is 0.0524. The van der Waals surface area contributed by atoms with E-state index in [4.69, 9.17) is 0 Å². The molecule has 0 N–H and O–H groups in total. The number of rotatable bonds is 7. The molecule has 0 saturated heterocycles. The van der Waals surface area contributed by atoms with Crippen LogP contribution in [0.25, 0.3) is 11.6 Å². The summed E-state index contributed by atoms with van der Waals surface area (Å²) in [5, 5.41) is 11.2. The summed E-state index contributed by atoms with van der Waals surface area (Å²) in [6, 6.07) is 34.1. The van der Waals surface area contributed by atoms with Gasteiger partial charge < -0.3 is 0 Å². The molecular formula is C29H21N3O2. The number of para-hydroxylation sites is 3. The van der Waals surface area contributed by atoms with Crippen molar-refractivity contribution in [2.75, 3.05) is 0 Å². The molecule has 4 rings (SSSR count). The van der Waals surface area contributed by atoms with E-state index in [2.05, 4.69) is 15.9 Å². The molecule has 0 aromatic heterocycles. The van der Waals surface area contributed by atoms with Crippen LogP contribution < -0.4 is 0 Å². The van der Waals surface area contributed by atoms with Crippen LogP contribution >= 0.6 is 0 Å². The zero-order chi connectivity index (χ0) is 23.6. The maximum absolute atomic E-state index is 11.2. The number of aliphatic imine (C=N–C) groups is 2. The first-order valence-electron chi connectivity index (χ1n) is 10.7. The van der Waals surface area contributed by atoms with Crippen molar-refractivity contribution < 1.29 is 4.92 Å². The molecule has 5 nitrogen and oxygen atoms in total. The highest BCUT2D eigenvalue weighted by atomic mass is 16.6. The summed E-state index contributed by atoms with van der Waals surface area (Å²) in [6.45, 7) is 0. The van der Waals surface area contributed by atoms with Crippen LogP contribution in [0.15, 0.2) is 125 Å². The van der Waals surface area contributed by atoms with Crippen molar-refractivity contribution >= 4 is 40.8 Å². The molecule has 0 heterocycles. The highest BCUT2D eigenvalue weighted by Gasteiger charge is 2.08. The van der Waals surface area contributed by atoms with Crippen molar-refractivity contribution in [2.45, 2.75) is 0 Å². The van der Waals surface area contributed by atoms with Gasteiger partial charge in [0.05, 0.1) is 27.4 Å². The Labute approximate surface area is 197 Å². The highest BCUT2D eigenvalue weighted by molar-refractivity contribution is 5.99. The monoisotopic (exact) mass is 443 g/mol. The minimum atomic E-state index is -0.399. The van der Waals surface area contributed by atoms with E-state index in [-0.39, 0.29) is 5.69 Å². The number of hydrogen-bond donors (Lipinski definition) is 0. The molecule has 0 aliphatic heterocycles. The second-order valence-electron chi connectivity index (χ2n) is 7.27. The Bertz CT molecular complexity index is 1360. The van der Waals surface area contributed by atoms with Crippen molar-refractivity contribution in [2.24, 2.45) is 9.98 Å². The van der Waals surface area contributed by atoms with Gasteiger partial charge in [-0.25, -0.2) is 4.99 Å². The topological polar surface area (TPSA) is 67.9 Å². The largest absolute Gasteiger partial charge is 0.276 e. The van der Waals surface area contributed by atoms with E-state index in [0.29, 0.717) is 16.9 Å². The van der Waals surface area contributed by atoms with Crippen LogP contribution in [0.1, 0.15) is 16.7 Å². The lowest BCUT2D eigenvalue weighted by molar-refractivity contribution is -0.385. The van der Waals surface area contributed by atoms with E-state index < -0.39 is 4.92 Å². The Kier molecular flexibility index (Phi) is 7.32. The van der Waals surface area contributed by atoms with Gasteiger partial charge >= 0.3 is 0 Å². The predicted octanol–water partition coefficient (Wildman–Crippen LogP) is 7.44. The fraction of sp³-hybridized carbons (Fsp3) is 0. The first-order valence-corrected chi connectivity index (χ1v) is 10.7. The van der Waals surface area contributed by atoms with Crippen molar-refractivity contribution in [3.63, 3.8) is 0 Å². The van der Waals surface area contributed by atoms with E-state index in [0.717, 1.165) is 16.7 Å². The number of nitro benzene ring substituents is 1. The molecule has 5 heteroatoms. The lowest BCUT2D eigenvalue weighted by atomic mass is 9.99. The van der Waals surface area contributed by atoms with E-state index in [1.165, 1.54) is 6.07 Å². The standard InChI is InChI=1S/C29H21N3O2/c33-32(34)29-20-10-7-16-25(29)17-11-21-30-27-18-8-9-19-28(27)31-22-26(23-12-3-1-4-13-23)24-14-5-2-6-15-24/h1-21H/b17-11+,30-21?. The number of nitrogens with zero attached hydrogens (tertiary/aromatic N) is 3. The second kappa shape index (κ2) is 11.1. The molecule has 0 fully saturated rings. The molecule has 0 radical (unpaired) electrons. The Morgan fingerprint density at radius 1 is 0.735 bits per heavy atom. The van der Waals surface area contributed by atoms with Gasteiger partial charge in [-0.1, -0.05) is 84.9 Å².